The molecule has 54 heavy (non-hydrogen) atoms. The van der Waals surface area contributed by atoms with Crippen molar-refractivity contribution in [3.05, 3.63) is 29.8 Å². The molecular formula is C37H64N4O13. The lowest BCUT2D eigenvalue weighted by molar-refractivity contribution is -0.132. The van der Waals surface area contributed by atoms with Crippen LogP contribution in [-0.4, -0.2) is 146 Å². The summed E-state index contributed by atoms with van der Waals surface area (Å²) < 4.78 is 43.3. The van der Waals surface area contributed by atoms with Crippen molar-refractivity contribution in [1.29, 1.82) is 0 Å². The fraction of sp³-hybridized carbons (Fsp3) is 0.730. The van der Waals surface area contributed by atoms with E-state index in [-0.39, 0.29) is 31.5 Å². The molecule has 2 atom stereocenters. The van der Waals surface area contributed by atoms with E-state index in [1.54, 1.807) is 65.8 Å². The number of anilines is 1. The van der Waals surface area contributed by atoms with Gasteiger partial charge in [-0.2, -0.15) is 0 Å². The number of amides is 4. The van der Waals surface area contributed by atoms with Gasteiger partial charge < -0.3 is 64.3 Å². The van der Waals surface area contributed by atoms with Crippen molar-refractivity contribution < 1.29 is 62.2 Å². The van der Waals surface area contributed by atoms with E-state index in [1.807, 2.05) is 0 Å². The Morgan fingerprint density at radius 1 is 0.630 bits per heavy atom. The molecule has 5 N–H and O–H groups in total. The third-order valence-corrected chi connectivity index (χ3v) is 7.04. The first-order valence-electron chi connectivity index (χ1n) is 18.4. The molecule has 17 heteroatoms. The number of hydrogen-bond donors (Lipinski definition) is 5. The molecule has 0 unspecified atom stereocenters. The van der Waals surface area contributed by atoms with Crippen molar-refractivity contribution in [2.24, 2.45) is 5.92 Å². The molecule has 310 valence electrons. The van der Waals surface area contributed by atoms with Crippen LogP contribution in [0.5, 0.6) is 0 Å². The third kappa shape index (κ3) is 26.4. The number of carbonyl (C=O) groups is 4. The molecule has 0 fully saturated rings. The van der Waals surface area contributed by atoms with Crippen molar-refractivity contribution in [3.63, 3.8) is 0 Å². The van der Waals surface area contributed by atoms with Gasteiger partial charge in [0.15, 0.2) is 0 Å². The minimum Gasteiger partial charge on any atom is -0.444 e. The van der Waals surface area contributed by atoms with E-state index in [9.17, 15) is 19.2 Å². The van der Waals surface area contributed by atoms with Crippen LogP contribution in [0.2, 0.25) is 0 Å². The van der Waals surface area contributed by atoms with Crippen LogP contribution in [0.1, 0.15) is 53.5 Å². The van der Waals surface area contributed by atoms with E-state index < -0.39 is 35.6 Å². The zero-order valence-corrected chi connectivity index (χ0v) is 32.9. The highest BCUT2D eigenvalue weighted by Gasteiger charge is 2.27. The smallest absolute Gasteiger partial charge is 0.407 e. The lowest BCUT2D eigenvalue weighted by Gasteiger charge is -2.24. The van der Waals surface area contributed by atoms with E-state index in [1.165, 1.54) is 0 Å². The largest absolute Gasteiger partial charge is 0.444 e. The maximum absolute atomic E-state index is 12.9. The molecule has 1 aromatic rings. The van der Waals surface area contributed by atoms with Gasteiger partial charge in [0.05, 0.1) is 99.1 Å². The van der Waals surface area contributed by atoms with E-state index in [4.69, 9.17) is 43.0 Å². The van der Waals surface area contributed by atoms with Crippen LogP contribution in [0.4, 0.5) is 10.5 Å². The van der Waals surface area contributed by atoms with Gasteiger partial charge in [-0.3, -0.25) is 14.4 Å². The first-order valence-corrected chi connectivity index (χ1v) is 18.4. The van der Waals surface area contributed by atoms with E-state index >= 15 is 0 Å². The standard InChI is InChI=1S/C37H64N4O13/c1-28(2)33(35(45)39-29(3)34(44)40-31-9-7-30(27-42)8-10-31)41-32(43)11-13-47-15-17-49-19-21-51-23-25-53-26-24-52-22-20-50-18-16-48-14-12-38-36(46)54-37(4,5)6/h7-10,28-29,33,42H,11-27H2,1-6H3,(H,38,46)(H,39,45)(H,40,44)(H,41,43)/t29-,33-/m0/s1. The monoisotopic (exact) mass is 772 g/mol. The summed E-state index contributed by atoms with van der Waals surface area (Å²) in [7, 11) is 0. The van der Waals surface area contributed by atoms with Gasteiger partial charge in [0.1, 0.15) is 17.7 Å². The molecule has 0 saturated heterocycles. The average molecular weight is 773 g/mol. The highest BCUT2D eigenvalue weighted by atomic mass is 16.6. The topological polar surface area (TPSA) is 210 Å². The van der Waals surface area contributed by atoms with Gasteiger partial charge in [-0.1, -0.05) is 26.0 Å². The van der Waals surface area contributed by atoms with Gasteiger partial charge in [0.25, 0.3) is 0 Å². The Bertz CT molecular complexity index is 1170. The highest BCUT2D eigenvalue weighted by molar-refractivity contribution is 5.98. The Morgan fingerprint density at radius 2 is 1.07 bits per heavy atom. The van der Waals surface area contributed by atoms with Gasteiger partial charge in [-0.15, -0.1) is 0 Å². The van der Waals surface area contributed by atoms with Crippen LogP contribution in [0.3, 0.4) is 0 Å². The molecule has 0 aliphatic heterocycles. The number of nitrogens with one attached hydrogen (secondary N) is 4. The van der Waals surface area contributed by atoms with Crippen molar-refractivity contribution in [2.45, 2.75) is 72.3 Å². The minimum atomic E-state index is -0.841. The fourth-order valence-electron chi connectivity index (χ4n) is 4.22. The third-order valence-electron chi connectivity index (χ3n) is 7.04. The minimum absolute atomic E-state index is 0.0624. The van der Waals surface area contributed by atoms with Crippen LogP contribution >= 0.6 is 0 Å². The normalized spacial score (nSPS) is 12.6. The molecule has 0 spiro atoms. The Kier molecular flexibility index (Phi) is 26.9. The molecule has 0 radical (unpaired) electrons. The summed E-state index contributed by atoms with van der Waals surface area (Å²) in [4.78, 5) is 49.4. The second-order valence-electron chi connectivity index (χ2n) is 13.3. The van der Waals surface area contributed by atoms with E-state index in [0.717, 1.165) is 0 Å². The number of aliphatic hydroxyl groups is 1. The van der Waals surface area contributed by atoms with E-state index in [2.05, 4.69) is 21.3 Å². The molecule has 0 saturated carbocycles. The number of alkyl carbamates (subject to hydrolysis) is 1. The SMILES string of the molecule is CC(C)[C@H](NC(=O)CCOCCOCCOCCOCCOCCOCCOCCNC(=O)OC(C)(C)C)C(=O)N[C@@H](C)C(=O)Nc1ccc(CO)cc1. The van der Waals surface area contributed by atoms with Crippen molar-refractivity contribution in [1.82, 2.24) is 16.0 Å². The average Bonchev–Trinajstić information content (AvgIpc) is 3.11. The summed E-state index contributed by atoms with van der Waals surface area (Å²) in [6.45, 7) is 16.3. The summed E-state index contributed by atoms with van der Waals surface area (Å²) in [5.74, 6) is -1.43. The molecule has 1 aromatic carbocycles. The quantitative estimate of drug-likeness (QED) is 0.0683. The number of ether oxygens (including phenoxy) is 8. The maximum atomic E-state index is 12.9. The van der Waals surface area contributed by atoms with Crippen LogP contribution in [0.15, 0.2) is 24.3 Å². The first-order chi connectivity index (χ1) is 25.8. The number of aliphatic hydroxyl groups excluding tert-OH is 1. The van der Waals surface area contributed by atoms with Crippen LogP contribution < -0.4 is 21.3 Å². The maximum Gasteiger partial charge on any atom is 0.407 e. The predicted octanol–water partition coefficient (Wildman–Crippen LogP) is 1.79. The number of benzene rings is 1. The van der Waals surface area contributed by atoms with Gasteiger partial charge in [0.2, 0.25) is 17.7 Å². The second-order valence-corrected chi connectivity index (χ2v) is 13.3. The summed E-state index contributed by atoms with van der Waals surface area (Å²) in [6, 6.07) is 5.04. The highest BCUT2D eigenvalue weighted by Crippen LogP contribution is 2.10. The molecule has 17 nitrogen and oxygen atoms in total. The van der Waals surface area contributed by atoms with E-state index in [0.29, 0.717) is 104 Å². The van der Waals surface area contributed by atoms with Gasteiger partial charge in [0, 0.05) is 18.7 Å². The Morgan fingerprint density at radius 3 is 1.50 bits per heavy atom. The Balaban J connectivity index is 1.94. The van der Waals surface area contributed by atoms with Crippen molar-refractivity contribution >= 4 is 29.5 Å². The van der Waals surface area contributed by atoms with Crippen LogP contribution in [0.25, 0.3) is 0 Å². The molecule has 0 bridgehead atoms. The lowest BCUT2D eigenvalue weighted by Crippen LogP contribution is -2.53. The molecule has 0 aliphatic carbocycles. The van der Waals surface area contributed by atoms with Gasteiger partial charge in [-0.25, -0.2) is 4.79 Å². The zero-order valence-electron chi connectivity index (χ0n) is 32.9. The van der Waals surface area contributed by atoms with Crippen LogP contribution in [0, 0.1) is 5.92 Å². The summed E-state index contributed by atoms with van der Waals surface area (Å²) in [6.07, 6.45) is -0.406. The number of rotatable bonds is 31. The van der Waals surface area contributed by atoms with Crippen molar-refractivity contribution in [3.8, 4) is 0 Å². The number of hydrogen-bond acceptors (Lipinski definition) is 13. The Hall–Kier alpha value is -3.42. The zero-order chi connectivity index (χ0) is 40.0. The summed E-state index contributed by atoms with van der Waals surface area (Å²) in [5.41, 5.74) is 0.723. The molecule has 0 aromatic heterocycles. The van der Waals surface area contributed by atoms with Crippen LogP contribution in [-0.2, 0) is 58.9 Å². The number of carbonyl (C=O) groups excluding carboxylic acids is 4. The molecular weight excluding hydrogens is 708 g/mol. The predicted molar refractivity (Wildman–Crippen MR) is 200 cm³/mol. The summed E-state index contributed by atoms with van der Waals surface area (Å²) in [5, 5.41) is 19.9. The fourth-order valence-corrected chi connectivity index (χ4v) is 4.22. The van der Waals surface area contributed by atoms with Gasteiger partial charge >= 0.3 is 6.09 Å². The molecule has 1 rings (SSSR count). The molecule has 0 aliphatic rings. The lowest BCUT2D eigenvalue weighted by atomic mass is 10.0. The molecule has 0 heterocycles. The van der Waals surface area contributed by atoms with Gasteiger partial charge in [-0.05, 0) is 51.3 Å². The second kappa shape index (κ2) is 29.9. The van der Waals surface area contributed by atoms with Crippen molar-refractivity contribution in [2.75, 3.05) is 104 Å². The first kappa shape index (κ1) is 48.6. The summed E-state index contributed by atoms with van der Waals surface area (Å²) >= 11 is 0. The molecule has 4 amide bonds. The Labute approximate surface area is 319 Å².